The zero-order chi connectivity index (χ0) is 20.2. The predicted octanol–water partition coefficient (Wildman–Crippen LogP) is 1.29. The summed E-state index contributed by atoms with van der Waals surface area (Å²) in [6.45, 7) is 4.80. The highest BCUT2D eigenvalue weighted by Gasteiger charge is 2.29. The van der Waals surface area contributed by atoms with Crippen molar-refractivity contribution < 1.29 is 28.8 Å². The first-order valence-corrected chi connectivity index (χ1v) is 10.5. The molecule has 2 unspecified atom stereocenters. The molecule has 4 rings (SSSR count). The highest BCUT2D eigenvalue weighted by Crippen LogP contribution is 2.36. The Labute approximate surface area is 175 Å². The van der Waals surface area contributed by atoms with Crippen LogP contribution in [0.1, 0.15) is 23.2 Å². The molecule has 2 atom stereocenters. The van der Waals surface area contributed by atoms with Crippen LogP contribution in [-0.2, 0) is 9.47 Å². The molecule has 160 valence electrons. The number of hydrogen-bond acceptors (Lipinski definition) is 7. The summed E-state index contributed by atoms with van der Waals surface area (Å²) in [5.74, 6) is 0.628. The van der Waals surface area contributed by atoms with Gasteiger partial charge in [-0.3, -0.25) is 4.79 Å². The van der Waals surface area contributed by atoms with E-state index in [-0.39, 0.29) is 18.1 Å². The minimum absolute atomic E-state index is 0.00126. The van der Waals surface area contributed by atoms with Crippen molar-refractivity contribution in [1.82, 2.24) is 10.2 Å². The number of fused-ring (bicyclic) bond motifs is 1. The van der Waals surface area contributed by atoms with Crippen LogP contribution in [0.15, 0.2) is 12.1 Å². The molecule has 0 aromatic heterocycles. The lowest BCUT2D eigenvalue weighted by atomic mass is 9.93. The molecule has 3 aliphatic heterocycles. The van der Waals surface area contributed by atoms with Gasteiger partial charge in [-0.2, -0.15) is 0 Å². The van der Waals surface area contributed by atoms with Crippen LogP contribution in [0.25, 0.3) is 0 Å². The number of amides is 1. The molecule has 3 heterocycles. The smallest absolute Gasteiger partial charge is 0.255 e. The molecule has 2 saturated heterocycles. The molecular weight excluding hydrogens is 400 g/mol. The van der Waals surface area contributed by atoms with E-state index >= 15 is 0 Å². The molecule has 0 spiro atoms. The van der Waals surface area contributed by atoms with Gasteiger partial charge in [0.15, 0.2) is 17.8 Å². The van der Waals surface area contributed by atoms with Gasteiger partial charge < -0.3 is 34.3 Å². The number of nitrogens with zero attached hydrogens (tertiary/aromatic N) is 1. The van der Waals surface area contributed by atoms with Crippen LogP contribution in [0.4, 0.5) is 0 Å². The molecule has 0 saturated carbocycles. The molecule has 2 fully saturated rings. The fourth-order valence-corrected chi connectivity index (χ4v) is 4.16. The van der Waals surface area contributed by atoms with E-state index in [1.165, 1.54) is 0 Å². The van der Waals surface area contributed by atoms with Crippen molar-refractivity contribution in [1.29, 1.82) is 0 Å². The second kappa shape index (κ2) is 9.49. The van der Waals surface area contributed by atoms with Crippen LogP contribution in [0, 0.1) is 5.92 Å². The van der Waals surface area contributed by atoms with Crippen molar-refractivity contribution in [2.45, 2.75) is 25.2 Å². The van der Waals surface area contributed by atoms with Crippen LogP contribution in [0.5, 0.6) is 11.5 Å². The lowest BCUT2D eigenvalue weighted by Crippen LogP contribution is -2.48. The monoisotopic (exact) mass is 426 g/mol. The van der Waals surface area contributed by atoms with E-state index in [0.717, 1.165) is 25.9 Å². The van der Waals surface area contributed by atoms with Crippen LogP contribution in [0.3, 0.4) is 0 Å². The molecule has 1 aromatic carbocycles. The molecule has 0 aliphatic carbocycles. The third-order valence-corrected chi connectivity index (χ3v) is 5.77. The minimum atomic E-state index is -0.498. The normalized spacial score (nSPS) is 25.2. The summed E-state index contributed by atoms with van der Waals surface area (Å²) in [4.78, 5) is 14.9. The Morgan fingerprint density at radius 3 is 2.79 bits per heavy atom. The zero-order valence-corrected chi connectivity index (χ0v) is 17.0. The van der Waals surface area contributed by atoms with Gasteiger partial charge in [0.25, 0.3) is 5.91 Å². The maximum atomic E-state index is 12.7. The number of β-amino-alcohol motifs (C(OH)–C–C–N with tert-alkyl or cyclic N) is 1. The van der Waals surface area contributed by atoms with Gasteiger partial charge in [0.05, 0.1) is 24.9 Å². The maximum absolute atomic E-state index is 12.7. The highest BCUT2D eigenvalue weighted by atomic mass is 35.5. The number of benzene rings is 1. The quantitative estimate of drug-likeness (QED) is 0.708. The molecular formula is C20H27ClN2O6. The Bertz CT molecular complexity index is 727. The number of halogens is 1. The maximum Gasteiger partial charge on any atom is 0.255 e. The number of likely N-dealkylation sites (tertiary alicyclic amines) is 1. The van der Waals surface area contributed by atoms with Gasteiger partial charge in [0.1, 0.15) is 13.2 Å². The molecule has 29 heavy (non-hydrogen) atoms. The van der Waals surface area contributed by atoms with Crippen LogP contribution >= 0.6 is 11.6 Å². The number of aliphatic hydroxyl groups excluding tert-OH is 1. The molecule has 0 radical (unpaired) electrons. The second-order valence-electron chi connectivity index (χ2n) is 7.56. The van der Waals surface area contributed by atoms with E-state index < -0.39 is 6.10 Å². The van der Waals surface area contributed by atoms with Crippen molar-refractivity contribution >= 4 is 17.5 Å². The summed E-state index contributed by atoms with van der Waals surface area (Å²) in [5.41, 5.74) is 0.357. The summed E-state index contributed by atoms with van der Waals surface area (Å²) in [6.07, 6.45) is 0.985. The number of carbonyl (C=O) groups is 1. The van der Waals surface area contributed by atoms with Crippen molar-refractivity contribution in [3.8, 4) is 11.5 Å². The van der Waals surface area contributed by atoms with E-state index in [4.69, 9.17) is 30.5 Å². The summed E-state index contributed by atoms with van der Waals surface area (Å²) < 4.78 is 22.1. The fraction of sp³-hybridized carbons (Fsp3) is 0.650. The van der Waals surface area contributed by atoms with Gasteiger partial charge in [-0.05, 0) is 19.0 Å². The zero-order valence-electron chi connectivity index (χ0n) is 16.3. The molecule has 8 nitrogen and oxygen atoms in total. The number of piperidine rings is 1. The Kier molecular flexibility index (Phi) is 6.77. The lowest BCUT2D eigenvalue weighted by Gasteiger charge is -2.36. The van der Waals surface area contributed by atoms with E-state index in [2.05, 4.69) is 10.2 Å². The fourth-order valence-electron chi connectivity index (χ4n) is 3.96. The number of hydrogen-bond donors (Lipinski definition) is 2. The van der Waals surface area contributed by atoms with Crippen molar-refractivity contribution in [2.24, 2.45) is 5.92 Å². The number of aliphatic hydroxyl groups is 1. The number of ether oxygens (including phenoxy) is 4. The Morgan fingerprint density at radius 2 is 2.00 bits per heavy atom. The largest absolute Gasteiger partial charge is 0.486 e. The SMILES string of the molecule is O=C(NCC1CCN(CCC2OCCO2)CC1O)c1cc(Cl)cc2c1OCCO2. The van der Waals surface area contributed by atoms with Crippen molar-refractivity contribution in [2.75, 3.05) is 52.6 Å². The molecule has 0 bridgehead atoms. The van der Waals surface area contributed by atoms with Gasteiger partial charge in [-0.1, -0.05) is 11.6 Å². The number of nitrogens with one attached hydrogen (secondary N) is 1. The van der Waals surface area contributed by atoms with Crippen LogP contribution in [0.2, 0.25) is 5.02 Å². The van der Waals surface area contributed by atoms with Crippen LogP contribution in [-0.4, -0.2) is 80.9 Å². The van der Waals surface area contributed by atoms with Gasteiger partial charge in [-0.15, -0.1) is 0 Å². The summed E-state index contributed by atoms with van der Waals surface area (Å²) >= 11 is 6.11. The third kappa shape index (κ3) is 5.13. The van der Waals surface area contributed by atoms with Gasteiger partial charge in [-0.25, -0.2) is 0 Å². The van der Waals surface area contributed by atoms with Gasteiger partial charge in [0.2, 0.25) is 0 Å². The molecule has 1 aromatic rings. The third-order valence-electron chi connectivity index (χ3n) is 5.55. The highest BCUT2D eigenvalue weighted by molar-refractivity contribution is 6.31. The summed E-state index contributed by atoms with van der Waals surface area (Å²) in [5, 5.41) is 13.9. The first kappa shape index (κ1) is 20.7. The van der Waals surface area contributed by atoms with E-state index in [9.17, 15) is 9.90 Å². The van der Waals surface area contributed by atoms with Crippen molar-refractivity contribution in [3.05, 3.63) is 22.7 Å². The van der Waals surface area contributed by atoms with Gasteiger partial charge in [0, 0.05) is 43.1 Å². The van der Waals surface area contributed by atoms with E-state index in [0.29, 0.717) is 61.6 Å². The van der Waals surface area contributed by atoms with Crippen molar-refractivity contribution in [3.63, 3.8) is 0 Å². The molecule has 9 heteroatoms. The summed E-state index contributed by atoms with van der Waals surface area (Å²) in [6, 6.07) is 3.23. The average molecular weight is 427 g/mol. The molecule has 2 N–H and O–H groups in total. The number of carbonyl (C=O) groups excluding carboxylic acids is 1. The molecule has 1 amide bonds. The predicted molar refractivity (Wildman–Crippen MR) is 106 cm³/mol. The summed E-state index contributed by atoms with van der Waals surface area (Å²) in [7, 11) is 0. The average Bonchev–Trinajstić information content (AvgIpc) is 3.24. The topological polar surface area (TPSA) is 89.5 Å². The van der Waals surface area contributed by atoms with Crippen LogP contribution < -0.4 is 14.8 Å². The first-order valence-electron chi connectivity index (χ1n) is 10.1. The molecule has 3 aliphatic rings. The minimum Gasteiger partial charge on any atom is -0.486 e. The number of rotatable bonds is 6. The lowest BCUT2D eigenvalue weighted by molar-refractivity contribution is -0.0576. The standard InChI is InChI=1S/C20H27ClN2O6/c21-14-9-15(19-17(10-14)26-5-8-29-19)20(25)22-11-13-1-3-23(12-16(13)24)4-2-18-27-6-7-28-18/h9-10,13,16,18,24H,1-8,11-12H2,(H,22,25). The Hall–Kier alpha value is -1.58. The van der Waals surface area contributed by atoms with E-state index in [1.807, 2.05) is 0 Å². The Balaban J connectivity index is 1.27. The van der Waals surface area contributed by atoms with Gasteiger partial charge >= 0.3 is 0 Å². The van der Waals surface area contributed by atoms with E-state index in [1.54, 1.807) is 12.1 Å². The Morgan fingerprint density at radius 1 is 1.21 bits per heavy atom. The second-order valence-corrected chi connectivity index (χ2v) is 8.00. The first-order chi connectivity index (χ1) is 14.1.